The van der Waals surface area contributed by atoms with Gasteiger partial charge in [0, 0.05) is 56.8 Å². The highest BCUT2D eigenvalue weighted by Crippen LogP contribution is 2.51. The van der Waals surface area contributed by atoms with Gasteiger partial charge in [0.15, 0.2) is 0 Å². The van der Waals surface area contributed by atoms with Gasteiger partial charge in [-0.25, -0.2) is 0 Å². The van der Waals surface area contributed by atoms with Crippen molar-refractivity contribution in [3.63, 3.8) is 0 Å². The SMILES string of the molecule is C=C1C(=CC(=C)n2ccccccc3cc(C4C=CC(n5c6ccccc6c6ccccc65)=CC4)ccc32)C(C)(C)c2cc(N(c3ccc(C4=CCCC=C4)cc3)c3ccc(-c4ccccc4)cc3)ccc21. The Morgan fingerprint density at radius 1 is 0.597 bits per heavy atom. The van der Waals surface area contributed by atoms with Crippen LogP contribution in [0, 0.1) is 0 Å². The van der Waals surface area contributed by atoms with Gasteiger partial charge in [0.25, 0.3) is 0 Å². The minimum Gasteiger partial charge on any atom is -0.317 e. The first-order chi connectivity index (χ1) is 35.3. The lowest BCUT2D eigenvalue weighted by Gasteiger charge is -2.28. The number of benzene rings is 7. The van der Waals surface area contributed by atoms with Crippen molar-refractivity contribution in [3.8, 4) is 11.1 Å². The van der Waals surface area contributed by atoms with Crippen LogP contribution in [0.15, 0.2) is 262 Å². The molecule has 0 spiro atoms. The molecule has 3 nitrogen and oxygen atoms in total. The standard InChI is InChI=1S/C69H57N3/c1-48(70-44-18-6-5-9-23-56-46-55(34-43-66(56)70)54-32-39-59(40-33-54)72-67-26-16-14-24-62(67)63-25-15-17-27-68(63)72)45-64-49(2)61-42-41-60(47-65(61)69(64,3)4)71(57-35-28-52(29-36-57)50-19-10-7-11-20-50)58-37-30-53(31-38-58)51-21-12-8-13-22-51/h5-7,9-12,14-32,34-47,54H,1-2,8,13,33H2,3-4H3. The van der Waals surface area contributed by atoms with E-state index in [1.54, 1.807) is 0 Å². The Morgan fingerprint density at radius 2 is 1.24 bits per heavy atom. The molecule has 2 aromatic heterocycles. The molecule has 7 aromatic carbocycles. The maximum absolute atomic E-state index is 4.76. The maximum atomic E-state index is 4.76. The van der Waals surface area contributed by atoms with Crippen LogP contribution in [0.1, 0.15) is 61.3 Å². The Hall–Kier alpha value is -8.66. The van der Waals surface area contributed by atoms with Gasteiger partial charge >= 0.3 is 0 Å². The number of hydrogen-bond acceptors (Lipinski definition) is 1. The smallest absolute Gasteiger partial charge is 0.0540 e. The fraction of sp³-hybridized carbons (Fsp3) is 0.101. The van der Waals surface area contributed by atoms with Gasteiger partial charge in [-0.2, -0.15) is 0 Å². The van der Waals surface area contributed by atoms with Crippen molar-refractivity contribution in [3.05, 3.63) is 284 Å². The average molecular weight is 928 g/mol. The molecule has 3 aliphatic carbocycles. The Balaban J connectivity index is 0.863. The molecule has 1 unspecified atom stereocenters. The normalized spacial score (nSPS) is 16.4. The van der Waals surface area contributed by atoms with Gasteiger partial charge < -0.3 is 14.0 Å². The molecule has 348 valence electrons. The van der Waals surface area contributed by atoms with Crippen molar-refractivity contribution in [2.45, 2.75) is 44.4 Å². The van der Waals surface area contributed by atoms with E-state index in [4.69, 9.17) is 13.2 Å². The van der Waals surface area contributed by atoms with E-state index in [0.717, 1.165) is 64.1 Å². The third kappa shape index (κ3) is 8.07. The Bertz CT molecular complexity index is 3770. The lowest BCUT2D eigenvalue weighted by Crippen LogP contribution is -2.17. The van der Waals surface area contributed by atoms with E-state index < -0.39 is 0 Å². The summed E-state index contributed by atoms with van der Waals surface area (Å²) in [5.41, 5.74) is 19.4. The first kappa shape index (κ1) is 44.5. The average Bonchev–Trinajstić information content (AvgIpc) is 3.90. The Kier molecular flexibility index (Phi) is 11.5. The van der Waals surface area contributed by atoms with Gasteiger partial charge in [-0.05, 0) is 154 Å². The third-order valence-electron chi connectivity index (χ3n) is 15.1. The second-order valence-corrected chi connectivity index (χ2v) is 19.8. The molecule has 3 aliphatic rings. The highest BCUT2D eigenvalue weighted by atomic mass is 15.1. The molecule has 0 radical (unpaired) electrons. The van der Waals surface area contributed by atoms with E-state index in [0.29, 0.717) is 0 Å². The summed E-state index contributed by atoms with van der Waals surface area (Å²) in [6, 6.07) is 70.4. The number of hydrogen-bond donors (Lipinski definition) is 0. The molecule has 0 saturated heterocycles. The summed E-state index contributed by atoms with van der Waals surface area (Å²) < 4.78 is 4.64. The van der Waals surface area contributed by atoms with Crippen LogP contribution in [0.2, 0.25) is 0 Å². The van der Waals surface area contributed by atoms with Crippen molar-refractivity contribution >= 4 is 72.3 Å². The second kappa shape index (κ2) is 18.6. The molecule has 0 bridgehead atoms. The molecule has 3 heteroatoms. The van der Waals surface area contributed by atoms with E-state index in [9.17, 15) is 0 Å². The Morgan fingerprint density at radius 3 is 1.93 bits per heavy atom. The number of anilines is 3. The maximum Gasteiger partial charge on any atom is 0.0540 e. The summed E-state index contributed by atoms with van der Waals surface area (Å²) in [7, 11) is 0. The summed E-state index contributed by atoms with van der Waals surface area (Å²) in [4.78, 5) is 2.38. The van der Waals surface area contributed by atoms with Gasteiger partial charge in [0.05, 0.1) is 16.6 Å². The number of nitrogens with zero attached hydrogens (tertiary/aromatic N) is 3. The van der Waals surface area contributed by atoms with Crippen molar-refractivity contribution < 1.29 is 0 Å². The fourth-order valence-corrected chi connectivity index (χ4v) is 11.3. The molecule has 0 aliphatic heterocycles. The van der Waals surface area contributed by atoms with Gasteiger partial charge in [0.1, 0.15) is 0 Å². The number of rotatable bonds is 9. The molecule has 12 rings (SSSR count). The van der Waals surface area contributed by atoms with E-state index in [2.05, 4.69) is 271 Å². The third-order valence-corrected chi connectivity index (χ3v) is 15.1. The number of allylic oxidation sites excluding steroid dienone is 12. The van der Waals surface area contributed by atoms with E-state index in [1.807, 2.05) is 0 Å². The lowest BCUT2D eigenvalue weighted by atomic mass is 9.81. The predicted octanol–water partition coefficient (Wildman–Crippen LogP) is 18.7. The number of aromatic nitrogens is 2. The summed E-state index contributed by atoms with van der Waals surface area (Å²) in [6.45, 7) is 14.2. The summed E-state index contributed by atoms with van der Waals surface area (Å²) in [5.74, 6) is 0.254. The van der Waals surface area contributed by atoms with Crippen LogP contribution in [0.25, 0.3) is 66.4 Å². The van der Waals surface area contributed by atoms with Gasteiger partial charge in [-0.1, -0.05) is 185 Å². The molecular formula is C69H57N3. The van der Waals surface area contributed by atoms with E-state index in [1.165, 1.54) is 66.5 Å². The van der Waals surface area contributed by atoms with E-state index >= 15 is 0 Å². The first-order valence-corrected chi connectivity index (χ1v) is 25.3. The predicted molar refractivity (Wildman–Crippen MR) is 308 cm³/mol. The van der Waals surface area contributed by atoms with Gasteiger partial charge in [-0.3, -0.25) is 0 Å². The molecule has 9 aromatic rings. The van der Waals surface area contributed by atoms with Crippen LogP contribution in [0.3, 0.4) is 0 Å². The summed E-state index contributed by atoms with van der Waals surface area (Å²) in [5, 5.41) is 3.71. The van der Waals surface area contributed by atoms with Crippen LogP contribution in [-0.2, 0) is 5.41 Å². The fourth-order valence-electron chi connectivity index (χ4n) is 11.3. The molecule has 1 atom stereocenters. The zero-order chi connectivity index (χ0) is 48.8. The monoisotopic (exact) mass is 927 g/mol. The van der Waals surface area contributed by atoms with Crippen LogP contribution >= 0.6 is 0 Å². The molecule has 72 heavy (non-hydrogen) atoms. The van der Waals surface area contributed by atoms with Crippen molar-refractivity contribution in [1.82, 2.24) is 9.13 Å². The Labute approximate surface area is 423 Å². The van der Waals surface area contributed by atoms with Crippen molar-refractivity contribution in [1.29, 1.82) is 0 Å². The van der Waals surface area contributed by atoms with Gasteiger partial charge in [0.2, 0.25) is 0 Å². The van der Waals surface area contributed by atoms with E-state index in [-0.39, 0.29) is 11.3 Å². The van der Waals surface area contributed by atoms with Crippen molar-refractivity contribution in [2.24, 2.45) is 0 Å². The zero-order valence-electron chi connectivity index (χ0n) is 41.0. The van der Waals surface area contributed by atoms with Crippen LogP contribution in [0.4, 0.5) is 17.1 Å². The highest BCUT2D eigenvalue weighted by molar-refractivity contribution is 6.10. The first-order valence-electron chi connectivity index (χ1n) is 25.3. The van der Waals surface area contributed by atoms with Crippen LogP contribution < -0.4 is 4.90 Å². The van der Waals surface area contributed by atoms with Crippen molar-refractivity contribution in [2.75, 3.05) is 4.90 Å². The summed E-state index contributed by atoms with van der Waals surface area (Å²) >= 11 is 0. The molecule has 0 fully saturated rings. The highest BCUT2D eigenvalue weighted by Gasteiger charge is 2.38. The number of fused-ring (bicyclic) bond motifs is 5. The number of para-hydroxylation sites is 2. The minimum atomic E-state index is -0.355. The molecule has 0 amide bonds. The second-order valence-electron chi connectivity index (χ2n) is 19.8. The molecular weight excluding hydrogens is 871 g/mol. The minimum absolute atomic E-state index is 0.254. The van der Waals surface area contributed by atoms with Crippen LogP contribution in [0.5, 0.6) is 0 Å². The van der Waals surface area contributed by atoms with Crippen LogP contribution in [-0.4, -0.2) is 9.13 Å². The molecule has 0 saturated carbocycles. The topological polar surface area (TPSA) is 13.1 Å². The summed E-state index contributed by atoms with van der Waals surface area (Å²) in [6.07, 6.45) is 21.4. The molecule has 2 heterocycles. The molecule has 0 N–H and O–H groups in total. The van der Waals surface area contributed by atoms with Gasteiger partial charge in [-0.15, -0.1) is 0 Å². The largest absolute Gasteiger partial charge is 0.317 e. The lowest BCUT2D eigenvalue weighted by molar-refractivity contribution is 0.661. The quantitative estimate of drug-likeness (QED) is 0.141. The zero-order valence-corrected chi connectivity index (χ0v) is 41.0.